The van der Waals surface area contributed by atoms with E-state index >= 15 is 0 Å². The topological polar surface area (TPSA) is 29.5 Å². The van der Waals surface area contributed by atoms with Crippen LogP contribution in [0.15, 0.2) is 48.6 Å². The molecule has 1 amide bonds. The number of rotatable bonds is 2. The summed E-state index contributed by atoms with van der Waals surface area (Å²) in [6.45, 7) is 2.15. The van der Waals surface area contributed by atoms with Gasteiger partial charge in [0.25, 0.3) is 5.91 Å². The van der Waals surface area contributed by atoms with E-state index in [1.165, 1.54) is 0 Å². The van der Waals surface area contributed by atoms with E-state index in [0.717, 1.165) is 17.2 Å². The first-order chi connectivity index (χ1) is 9.67. The molecule has 2 atom stereocenters. The van der Waals surface area contributed by atoms with E-state index in [9.17, 15) is 4.79 Å². The Kier molecular flexibility index (Phi) is 3.34. The van der Waals surface area contributed by atoms with Crippen molar-refractivity contribution in [3.8, 4) is 5.75 Å². The molecule has 104 valence electrons. The van der Waals surface area contributed by atoms with Gasteiger partial charge in [0.05, 0.1) is 7.11 Å². The van der Waals surface area contributed by atoms with Crippen LogP contribution in [-0.4, -0.2) is 23.6 Å². The molecule has 0 saturated carbocycles. The Balaban J connectivity index is 2.01. The lowest BCUT2D eigenvalue weighted by atomic mass is 9.99. The van der Waals surface area contributed by atoms with Gasteiger partial charge in [-0.1, -0.05) is 19.1 Å². The third kappa shape index (κ3) is 1.95. The average Bonchev–Trinajstić information content (AvgIpc) is 2.80. The van der Waals surface area contributed by atoms with Gasteiger partial charge in [0, 0.05) is 23.4 Å². The van der Waals surface area contributed by atoms with Gasteiger partial charge >= 0.3 is 0 Å². The number of ether oxygens (including phenoxy) is 1. The number of nitrogens with zero attached hydrogens (tertiary/aromatic N) is 1. The molecule has 3 rings (SSSR count). The highest BCUT2D eigenvalue weighted by Crippen LogP contribution is 2.47. The highest BCUT2D eigenvalue weighted by atomic mass is 32.2. The molecule has 1 aromatic rings. The fraction of sp³-hybridized carbons (Fsp3) is 0.312. The first-order valence-electron chi connectivity index (χ1n) is 6.65. The average molecular weight is 287 g/mol. The van der Waals surface area contributed by atoms with Gasteiger partial charge in [-0.05, 0) is 30.3 Å². The van der Waals surface area contributed by atoms with Crippen LogP contribution < -0.4 is 9.64 Å². The molecule has 2 heterocycles. The first-order valence-corrected chi connectivity index (χ1v) is 7.64. The minimum atomic E-state index is -0.291. The molecule has 0 N–H and O–H groups in total. The van der Waals surface area contributed by atoms with Gasteiger partial charge in [0.1, 0.15) is 10.6 Å². The second kappa shape index (κ2) is 5.02. The summed E-state index contributed by atoms with van der Waals surface area (Å²) in [5.74, 6) is 2.05. The molecule has 0 aliphatic carbocycles. The van der Waals surface area contributed by atoms with E-state index in [1.54, 1.807) is 24.9 Å². The van der Waals surface area contributed by atoms with Crippen molar-refractivity contribution in [3.63, 3.8) is 0 Å². The Morgan fingerprint density at radius 3 is 2.75 bits per heavy atom. The van der Waals surface area contributed by atoms with Crippen LogP contribution in [0.4, 0.5) is 5.69 Å². The standard InChI is InChI=1S/C16H17NO2S/c1-12-4-3-11-20-16(12)10-9-15(18)17(16)13-5-7-14(19-2)8-6-13/h3-10,12H,11H2,1-2H3/t12?,16-/m0/s1. The van der Waals surface area contributed by atoms with Gasteiger partial charge < -0.3 is 4.74 Å². The van der Waals surface area contributed by atoms with E-state index in [0.29, 0.717) is 0 Å². The van der Waals surface area contributed by atoms with Crippen molar-refractivity contribution in [1.82, 2.24) is 0 Å². The molecule has 0 radical (unpaired) electrons. The number of carbonyl (C=O) groups excluding carboxylic acids is 1. The van der Waals surface area contributed by atoms with Crippen LogP contribution in [0.1, 0.15) is 6.92 Å². The van der Waals surface area contributed by atoms with Crippen LogP contribution in [-0.2, 0) is 4.79 Å². The number of hydrogen-bond donors (Lipinski definition) is 0. The van der Waals surface area contributed by atoms with Crippen LogP contribution in [0, 0.1) is 5.92 Å². The zero-order chi connectivity index (χ0) is 14.2. The fourth-order valence-electron chi connectivity index (χ4n) is 2.75. The van der Waals surface area contributed by atoms with E-state index < -0.39 is 0 Å². The zero-order valence-electron chi connectivity index (χ0n) is 11.6. The highest BCUT2D eigenvalue weighted by molar-refractivity contribution is 8.01. The predicted molar refractivity (Wildman–Crippen MR) is 83.1 cm³/mol. The molecule has 1 spiro atoms. The third-order valence-electron chi connectivity index (χ3n) is 3.85. The van der Waals surface area contributed by atoms with E-state index in [2.05, 4.69) is 19.1 Å². The minimum Gasteiger partial charge on any atom is -0.497 e. The summed E-state index contributed by atoms with van der Waals surface area (Å²) in [4.78, 5) is 13.9. The molecule has 1 unspecified atom stereocenters. The molecular weight excluding hydrogens is 270 g/mol. The summed E-state index contributed by atoms with van der Waals surface area (Å²) in [7, 11) is 1.64. The van der Waals surface area contributed by atoms with Crippen LogP contribution in [0.25, 0.3) is 0 Å². The molecule has 3 nitrogen and oxygen atoms in total. The smallest absolute Gasteiger partial charge is 0.252 e. The predicted octanol–water partition coefficient (Wildman–Crippen LogP) is 3.23. The Bertz CT molecular complexity index is 579. The molecule has 1 aromatic carbocycles. The van der Waals surface area contributed by atoms with Gasteiger partial charge in [-0.15, -0.1) is 11.8 Å². The number of hydrogen-bond acceptors (Lipinski definition) is 3. The molecule has 4 heteroatoms. The lowest BCUT2D eigenvalue weighted by molar-refractivity contribution is -0.114. The number of benzene rings is 1. The Morgan fingerprint density at radius 2 is 2.10 bits per heavy atom. The normalized spacial score (nSPS) is 28.4. The molecule has 0 saturated heterocycles. The van der Waals surface area contributed by atoms with Crippen molar-refractivity contribution in [1.29, 1.82) is 0 Å². The SMILES string of the molecule is COc1ccc(N2C(=O)C=C[C@@]23SCC=CC3C)cc1. The van der Waals surface area contributed by atoms with Gasteiger partial charge in [0.15, 0.2) is 0 Å². The monoisotopic (exact) mass is 287 g/mol. The van der Waals surface area contributed by atoms with Crippen molar-refractivity contribution >= 4 is 23.4 Å². The molecule has 20 heavy (non-hydrogen) atoms. The maximum Gasteiger partial charge on any atom is 0.252 e. The first kappa shape index (κ1) is 13.3. The van der Waals surface area contributed by atoms with Crippen molar-refractivity contribution in [2.24, 2.45) is 5.92 Å². The molecule has 2 aliphatic heterocycles. The Morgan fingerprint density at radius 1 is 1.35 bits per heavy atom. The minimum absolute atomic E-state index is 0.0461. The molecule has 0 bridgehead atoms. The summed E-state index contributed by atoms with van der Waals surface area (Å²) in [6.07, 6.45) is 8.09. The number of carbonyl (C=O) groups is 1. The third-order valence-corrected chi connectivity index (χ3v) is 5.37. The molecule has 2 aliphatic rings. The van der Waals surface area contributed by atoms with Crippen LogP contribution in [0.3, 0.4) is 0 Å². The fourth-order valence-corrected chi connectivity index (χ4v) is 4.06. The van der Waals surface area contributed by atoms with Crippen molar-refractivity contribution < 1.29 is 9.53 Å². The van der Waals surface area contributed by atoms with Crippen molar-refractivity contribution in [3.05, 3.63) is 48.6 Å². The summed E-state index contributed by atoms with van der Waals surface area (Å²) >= 11 is 1.80. The largest absolute Gasteiger partial charge is 0.497 e. The summed E-state index contributed by atoms with van der Waals surface area (Å²) < 4.78 is 5.18. The van der Waals surface area contributed by atoms with Crippen LogP contribution in [0.2, 0.25) is 0 Å². The zero-order valence-corrected chi connectivity index (χ0v) is 12.4. The van der Waals surface area contributed by atoms with Crippen molar-refractivity contribution in [2.45, 2.75) is 11.8 Å². The van der Waals surface area contributed by atoms with Gasteiger partial charge in [0.2, 0.25) is 0 Å². The summed E-state index contributed by atoms with van der Waals surface area (Å²) in [5.41, 5.74) is 0.912. The van der Waals surface area contributed by atoms with E-state index in [-0.39, 0.29) is 16.7 Å². The molecule has 0 fully saturated rings. The van der Waals surface area contributed by atoms with Gasteiger partial charge in [-0.25, -0.2) is 0 Å². The highest BCUT2D eigenvalue weighted by Gasteiger charge is 2.46. The summed E-state index contributed by atoms with van der Waals surface area (Å²) in [5, 5.41) is 0. The Hall–Kier alpha value is -1.68. The van der Waals surface area contributed by atoms with E-state index in [1.807, 2.05) is 35.2 Å². The number of methoxy groups -OCH3 is 1. The molecule has 0 aromatic heterocycles. The quantitative estimate of drug-likeness (QED) is 0.782. The maximum atomic E-state index is 12.3. The van der Waals surface area contributed by atoms with Gasteiger partial charge in [-0.3, -0.25) is 9.69 Å². The van der Waals surface area contributed by atoms with E-state index in [4.69, 9.17) is 4.74 Å². The Labute approximate surface area is 123 Å². The summed E-state index contributed by atoms with van der Waals surface area (Å²) in [6, 6.07) is 7.67. The molecular formula is C16H17NO2S. The lowest BCUT2D eigenvalue weighted by Crippen LogP contribution is -2.49. The van der Waals surface area contributed by atoms with Crippen LogP contribution >= 0.6 is 11.8 Å². The number of amides is 1. The van der Waals surface area contributed by atoms with Crippen molar-refractivity contribution in [2.75, 3.05) is 17.8 Å². The second-order valence-corrected chi connectivity index (χ2v) is 6.26. The number of anilines is 1. The van der Waals surface area contributed by atoms with Crippen LogP contribution in [0.5, 0.6) is 5.75 Å². The lowest BCUT2D eigenvalue weighted by Gasteiger charge is -2.42. The maximum absolute atomic E-state index is 12.3. The van der Waals surface area contributed by atoms with Gasteiger partial charge in [-0.2, -0.15) is 0 Å². The number of thioether (sulfide) groups is 1. The second-order valence-electron chi connectivity index (χ2n) is 4.98.